The molecule has 1 aromatic rings. The first-order valence-electron chi connectivity index (χ1n) is 4.90. The maximum atomic E-state index is 5.22. The third-order valence-corrected chi connectivity index (χ3v) is 4.56. The zero-order valence-electron chi connectivity index (χ0n) is 8.54. The highest BCUT2D eigenvalue weighted by Crippen LogP contribution is 2.48. The van der Waals surface area contributed by atoms with Gasteiger partial charge >= 0.3 is 0 Å². The van der Waals surface area contributed by atoms with Crippen molar-refractivity contribution in [1.82, 2.24) is 14.8 Å². The third-order valence-electron chi connectivity index (χ3n) is 2.84. The predicted molar refractivity (Wildman–Crippen MR) is 62.3 cm³/mol. The number of H-pyrrole nitrogens is 1. The molecule has 0 radical (unpaired) electrons. The summed E-state index contributed by atoms with van der Waals surface area (Å²) in [7, 11) is 0. The second-order valence-electron chi connectivity index (χ2n) is 3.77. The lowest BCUT2D eigenvalue weighted by Crippen LogP contribution is -2.15. The third kappa shape index (κ3) is 1.75. The smallest absolute Gasteiger partial charge is 0.195 e. The first-order valence-corrected chi connectivity index (χ1v) is 6.53. The highest BCUT2D eigenvalue weighted by atomic mass is 32.2. The minimum Gasteiger partial charge on any atom is -0.303 e. The molecule has 0 aliphatic heterocycles. The van der Waals surface area contributed by atoms with Crippen LogP contribution in [0, 0.1) is 4.77 Å². The summed E-state index contributed by atoms with van der Waals surface area (Å²) in [5.41, 5.74) is 0. The molecule has 0 aromatic carbocycles. The van der Waals surface area contributed by atoms with Crippen molar-refractivity contribution in [3.63, 3.8) is 0 Å². The van der Waals surface area contributed by atoms with E-state index in [2.05, 4.69) is 27.9 Å². The summed E-state index contributed by atoms with van der Waals surface area (Å²) >= 11 is 7.17. The maximum absolute atomic E-state index is 5.22. The molecule has 1 saturated carbocycles. The molecule has 0 bridgehead atoms. The van der Waals surface area contributed by atoms with Gasteiger partial charge in [-0.15, -0.1) is 0 Å². The van der Waals surface area contributed by atoms with Gasteiger partial charge in [-0.1, -0.05) is 6.92 Å². The van der Waals surface area contributed by atoms with Crippen molar-refractivity contribution in [3.05, 3.63) is 10.6 Å². The Hall–Kier alpha value is -0.290. The summed E-state index contributed by atoms with van der Waals surface area (Å²) in [6, 6.07) is 0. The Labute approximate surface area is 93.3 Å². The molecule has 1 aliphatic rings. The molecule has 78 valence electrons. The molecular formula is C9H15N3S2. The van der Waals surface area contributed by atoms with Crippen molar-refractivity contribution in [3.8, 4) is 0 Å². The van der Waals surface area contributed by atoms with Crippen LogP contribution in [0.1, 0.15) is 25.6 Å². The second kappa shape index (κ2) is 3.70. The van der Waals surface area contributed by atoms with Gasteiger partial charge < -0.3 is 4.57 Å². The van der Waals surface area contributed by atoms with Gasteiger partial charge in [-0.3, -0.25) is 5.10 Å². The minimum atomic E-state index is 0.450. The Balaban J connectivity index is 2.23. The van der Waals surface area contributed by atoms with Gasteiger partial charge in [-0.25, -0.2) is 0 Å². The average molecular weight is 229 g/mol. The first kappa shape index (κ1) is 10.2. The lowest BCUT2D eigenvalue weighted by molar-refractivity contribution is 0.621. The molecule has 3 nitrogen and oxygen atoms in total. The van der Waals surface area contributed by atoms with Crippen molar-refractivity contribution in [1.29, 1.82) is 0 Å². The van der Waals surface area contributed by atoms with E-state index in [4.69, 9.17) is 12.2 Å². The molecule has 1 fully saturated rings. The van der Waals surface area contributed by atoms with Crippen LogP contribution in [-0.2, 0) is 13.0 Å². The lowest BCUT2D eigenvalue weighted by atomic mass is 10.4. The molecule has 14 heavy (non-hydrogen) atoms. The molecule has 1 N–H and O–H groups in total. The van der Waals surface area contributed by atoms with Gasteiger partial charge in [-0.05, 0) is 31.3 Å². The van der Waals surface area contributed by atoms with E-state index in [9.17, 15) is 0 Å². The number of hydrogen-bond acceptors (Lipinski definition) is 3. The van der Waals surface area contributed by atoms with Crippen LogP contribution in [0.3, 0.4) is 0 Å². The van der Waals surface area contributed by atoms with Gasteiger partial charge in [0.05, 0.1) is 0 Å². The van der Waals surface area contributed by atoms with E-state index in [1.54, 1.807) is 0 Å². The van der Waals surface area contributed by atoms with Gasteiger partial charge in [0, 0.05) is 17.7 Å². The Morgan fingerprint density at radius 3 is 2.86 bits per heavy atom. The lowest BCUT2D eigenvalue weighted by Gasteiger charge is -2.13. The van der Waals surface area contributed by atoms with E-state index in [0.29, 0.717) is 4.75 Å². The van der Waals surface area contributed by atoms with Crippen LogP contribution in [0.5, 0.6) is 0 Å². The molecule has 5 heteroatoms. The summed E-state index contributed by atoms with van der Waals surface area (Å²) in [5, 5.41) is 7.09. The number of rotatable bonds is 4. The number of aromatic amines is 1. The quantitative estimate of drug-likeness (QED) is 0.805. The second-order valence-corrected chi connectivity index (χ2v) is 5.43. The van der Waals surface area contributed by atoms with E-state index in [-0.39, 0.29) is 0 Å². The van der Waals surface area contributed by atoms with Crippen LogP contribution in [0.25, 0.3) is 0 Å². The largest absolute Gasteiger partial charge is 0.303 e. The van der Waals surface area contributed by atoms with Crippen molar-refractivity contribution in [2.75, 3.05) is 6.26 Å². The maximum Gasteiger partial charge on any atom is 0.195 e. The SMILES string of the molecule is CCc1n[nH]c(=S)n1CC1(SC)CC1. The van der Waals surface area contributed by atoms with Crippen molar-refractivity contribution in [2.45, 2.75) is 37.5 Å². The summed E-state index contributed by atoms with van der Waals surface area (Å²) in [5.74, 6) is 1.08. The Bertz CT molecular complexity index is 376. The fraction of sp³-hybridized carbons (Fsp3) is 0.778. The predicted octanol–water partition coefficient (Wildman–Crippen LogP) is 2.40. The molecule has 0 spiro atoms. The molecule has 0 unspecified atom stereocenters. The number of aromatic nitrogens is 3. The van der Waals surface area contributed by atoms with Crippen molar-refractivity contribution < 1.29 is 0 Å². The Kier molecular flexibility index (Phi) is 2.70. The Morgan fingerprint density at radius 1 is 1.64 bits per heavy atom. The fourth-order valence-corrected chi connectivity index (χ4v) is 2.62. The minimum absolute atomic E-state index is 0.450. The molecule has 2 rings (SSSR count). The molecule has 0 atom stereocenters. The number of thioether (sulfide) groups is 1. The van der Waals surface area contributed by atoms with Gasteiger partial charge in [-0.2, -0.15) is 16.9 Å². The van der Waals surface area contributed by atoms with Crippen LogP contribution in [0.4, 0.5) is 0 Å². The van der Waals surface area contributed by atoms with E-state index in [1.165, 1.54) is 12.8 Å². The summed E-state index contributed by atoms with van der Waals surface area (Å²) < 4.78 is 3.37. The standard InChI is InChI=1S/C9H15N3S2/c1-3-7-10-11-8(13)12(7)6-9(14-2)4-5-9/h3-6H2,1-2H3,(H,11,13). The topological polar surface area (TPSA) is 33.6 Å². The summed E-state index contributed by atoms with van der Waals surface area (Å²) in [6.07, 6.45) is 5.74. The first-order chi connectivity index (χ1) is 6.71. The van der Waals surface area contributed by atoms with Crippen LogP contribution >= 0.6 is 24.0 Å². The normalized spacial score (nSPS) is 18.4. The number of nitrogens with zero attached hydrogens (tertiary/aromatic N) is 2. The fourth-order valence-electron chi connectivity index (χ4n) is 1.64. The van der Waals surface area contributed by atoms with Crippen LogP contribution in [0.15, 0.2) is 0 Å². The number of hydrogen-bond donors (Lipinski definition) is 1. The molecule has 0 amide bonds. The highest BCUT2D eigenvalue weighted by molar-refractivity contribution is 8.00. The van der Waals surface area contributed by atoms with Gasteiger partial charge in [0.15, 0.2) is 4.77 Å². The molecule has 0 saturated heterocycles. The molecule has 1 aromatic heterocycles. The summed E-state index contributed by atoms with van der Waals surface area (Å²) in [4.78, 5) is 0. The van der Waals surface area contributed by atoms with Gasteiger partial charge in [0.25, 0.3) is 0 Å². The van der Waals surface area contributed by atoms with Gasteiger partial charge in [0.1, 0.15) is 5.82 Å². The van der Waals surface area contributed by atoms with Crippen LogP contribution < -0.4 is 0 Å². The van der Waals surface area contributed by atoms with E-state index in [1.807, 2.05) is 11.8 Å². The van der Waals surface area contributed by atoms with E-state index >= 15 is 0 Å². The molecule has 1 heterocycles. The number of aryl methyl sites for hydroxylation is 1. The Morgan fingerprint density at radius 2 is 2.36 bits per heavy atom. The van der Waals surface area contributed by atoms with Crippen LogP contribution in [-0.4, -0.2) is 25.8 Å². The average Bonchev–Trinajstić information content (AvgIpc) is 2.89. The zero-order chi connectivity index (χ0) is 10.2. The van der Waals surface area contributed by atoms with E-state index < -0.39 is 0 Å². The summed E-state index contributed by atoms with van der Waals surface area (Å²) in [6.45, 7) is 3.13. The van der Waals surface area contributed by atoms with Gasteiger partial charge in [0.2, 0.25) is 0 Å². The van der Waals surface area contributed by atoms with Crippen molar-refractivity contribution in [2.24, 2.45) is 0 Å². The van der Waals surface area contributed by atoms with E-state index in [0.717, 1.165) is 23.6 Å². The zero-order valence-corrected chi connectivity index (χ0v) is 10.2. The molecule has 1 aliphatic carbocycles. The monoisotopic (exact) mass is 229 g/mol. The highest BCUT2D eigenvalue weighted by Gasteiger charge is 2.42. The van der Waals surface area contributed by atoms with Crippen molar-refractivity contribution >= 4 is 24.0 Å². The van der Waals surface area contributed by atoms with Crippen LogP contribution in [0.2, 0.25) is 0 Å². The number of nitrogens with one attached hydrogen (secondary N) is 1. The molecular weight excluding hydrogens is 214 g/mol.